The molecule has 1 unspecified atom stereocenters. The van der Waals surface area contributed by atoms with Gasteiger partial charge in [-0.2, -0.15) is 0 Å². The van der Waals surface area contributed by atoms with Crippen molar-refractivity contribution in [3.63, 3.8) is 0 Å². The Bertz CT molecular complexity index is 1150. The van der Waals surface area contributed by atoms with E-state index in [2.05, 4.69) is 41.2 Å². The van der Waals surface area contributed by atoms with Crippen molar-refractivity contribution in [2.45, 2.75) is 65.6 Å². The molecule has 0 heterocycles. The number of halogens is 1. The molecule has 35 heavy (non-hydrogen) atoms. The summed E-state index contributed by atoms with van der Waals surface area (Å²) in [5.74, 6) is -0.215. The van der Waals surface area contributed by atoms with Gasteiger partial charge in [0.15, 0.2) is 0 Å². The Labute approximate surface area is 217 Å². The topological polar surface area (TPSA) is 49.4 Å². The van der Waals surface area contributed by atoms with E-state index in [9.17, 15) is 9.59 Å². The van der Waals surface area contributed by atoms with Crippen molar-refractivity contribution in [1.29, 1.82) is 0 Å². The summed E-state index contributed by atoms with van der Waals surface area (Å²) in [6.45, 7) is 10.3. The standard InChI is InChI=1S/C30H35BrN2O2/c1-21-11-12-25(17-22(21)2)19-28(34)33(20-24-13-15-26(31)16-14-24)27(29(35)32-30(3,4)5)18-23-9-7-6-8-10-23/h6-17,27H,18-20H2,1-5H3,(H,32,35). The van der Waals surface area contributed by atoms with Crippen LogP contribution in [0.3, 0.4) is 0 Å². The zero-order valence-corrected chi connectivity index (χ0v) is 22.9. The minimum Gasteiger partial charge on any atom is -0.350 e. The molecule has 0 aliphatic carbocycles. The molecule has 3 aromatic rings. The second-order valence-electron chi connectivity index (χ2n) is 10.2. The smallest absolute Gasteiger partial charge is 0.243 e. The van der Waals surface area contributed by atoms with Gasteiger partial charge < -0.3 is 10.2 Å². The number of nitrogens with one attached hydrogen (secondary N) is 1. The van der Waals surface area contributed by atoms with E-state index in [1.165, 1.54) is 5.56 Å². The van der Waals surface area contributed by atoms with Gasteiger partial charge in [-0.3, -0.25) is 9.59 Å². The number of carbonyl (C=O) groups is 2. The van der Waals surface area contributed by atoms with Crippen LogP contribution in [0.5, 0.6) is 0 Å². The Balaban J connectivity index is 1.99. The first-order valence-corrected chi connectivity index (χ1v) is 12.8. The second-order valence-corrected chi connectivity index (χ2v) is 11.1. The van der Waals surface area contributed by atoms with Gasteiger partial charge in [-0.1, -0.05) is 76.6 Å². The molecule has 3 aromatic carbocycles. The van der Waals surface area contributed by atoms with Gasteiger partial charge in [0.25, 0.3) is 0 Å². The van der Waals surface area contributed by atoms with Crippen molar-refractivity contribution in [3.8, 4) is 0 Å². The van der Waals surface area contributed by atoms with Crippen molar-refractivity contribution < 1.29 is 9.59 Å². The lowest BCUT2D eigenvalue weighted by Gasteiger charge is -2.34. The molecule has 1 N–H and O–H groups in total. The van der Waals surface area contributed by atoms with Gasteiger partial charge in [-0.15, -0.1) is 0 Å². The van der Waals surface area contributed by atoms with Gasteiger partial charge in [-0.05, 0) is 74.6 Å². The fourth-order valence-corrected chi connectivity index (χ4v) is 4.25. The largest absolute Gasteiger partial charge is 0.350 e. The van der Waals surface area contributed by atoms with Crippen LogP contribution in [0.25, 0.3) is 0 Å². The van der Waals surface area contributed by atoms with Gasteiger partial charge in [0.2, 0.25) is 11.8 Å². The fraction of sp³-hybridized carbons (Fsp3) is 0.333. The van der Waals surface area contributed by atoms with E-state index >= 15 is 0 Å². The van der Waals surface area contributed by atoms with Crippen LogP contribution >= 0.6 is 15.9 Å². The lowest BCUT2D eigenvalue weighted by molar-refractivity contribution is -0.141. The van der Waals surface area contributed by atoms with Crippen molar-refractivity contribution in [2.75, 3.05) is 0 Å². The van der Waals surface area contributed by atoms with Gasteiger partial charge in [0, 0.05) is 23.0 Å². The minimum atomic E-state index is -0.640. The Morgan fingerprint density at radius 1 is 0.857 bits per heavy atom. The highest BCUT2D eigenvalue weighted by atomic mass is 79.9. The van der Waals surface area contributed by atoms with Gasteiger partial charge in [0.1, 0.15) is 6.04 Å². The number of nitrogens with zero attached hydrogens (tertiary/aromatic N) is 1. The third-order valence-electron chi connectivity index (χ3n) is 5.96. The zero-order chi connectivity index (χ0) is 25.6. The molecule has 0 saturated heterocycles. The molecule has 0 fully saturated rings. The number of aryl methyl sites for hydroxylation is 2. The Hall–Kier alpha value is -2.92. The summed E-state index contributed by atoms with van der Waals surface area (Å²) in [5.41, 5.74) is 4.88. The average Bonchev–Trinajstić information content (AvgIpc) is 2.79. The number of hydrogen-bond acceptors (Lipinski definition) is 2. The van der Waals surface area contributed by atoms with Crippen LogP contribution in [0.2, 0.25) is 0 Å². The summed E-state index contributed by atoms with van der Waals surface area (Å²) in [5, 5.41) is 3.11. The van der Waals surface area contributed by atoms with Crippen LogP contribution < -0.4 is 5.32 Å². The average molecular weight is 536 g/mol. The molecule has 0 aromatic heterocycles. The van der Waals surface area contributed by atoms with Crippen molar-refractivity contribution in [3.05, 3.63) is 105 Å². The summed E-state index contributed by atoms with van der Waals surface area (Å²) in [4.78, 5) is 29.2. The fourth-order valence-electron chi connectivity index (χ4n) is 3.98. The lowest BCUT2D eigenvalue weighted by atomic mass is 9.99. The molecule has 0 radical (unpaired) electrons. The first kappa shape index (κ1) is 26.7. The van der Waals surface area contributed by atoms with E-state index in [0.29, 0.717) is 13.0 Å². The number of amides is 2. The molecule has 5 heteroatoms. The van der Waals surface area contributed by atoms with Gasteiger partial charge in [0.05, 0.1) is 6.42 Å². The maximum atomic E-state index is 13.8. The highest BCUT2D eigenvalue weighted by molar-refractivity contribution is 9.10. The predicted molar refractivity (Wildman–Crippen MR) is 146 cm³/mol. The molecule has 2 amide bonds. The second kappa shape index (κ2) is 11.7. The van der Waals surface area contributed by atoms with E-state index in [1.54, 1.807) is 4.90 Å². The number of rotatable bonds is 8. The summed E-state index contributed by atoms with van der Waals surface area (Å²) in [6, 6.07) is 23.3. The maximum Gasteiger partial charge on any atom is 0.243 e. The Morgan fingerprint density at radius 2 is 1.49 bits per heavy atom. The van der Waals surface area contributed by atoms with E-state index in [4.69, 9.17) is 0 Å². The number of carbonyl (C=O) groups excluding carboxylic acids is 2. The quantitative estimate of drug-likeness (QED) is 0.376. The Kier molecular flexibility index (Phi) is 8.90. The molecule has 0 bridgehead atoms. The molecule has 0 spiro atoms. The van der Waals surface area contributed by atoms with Crippen LogP contribution in [0, 0.1) is 13.8 Å². The van der Waals surface area contributed by atoms with Crippen LogP contribution in [0.15, 0.2) is 77.3 Å². The van der Waals surface area contributed by atoms with Crippen molar-refractivity contribution in [2.24, 2.45) is 0 Å². The molecule has 184 valence electrons. The molecule has 0 aliphatic rings. The van der Waals surface area contributed by atoms with Crippen LogP contribution in [-0.2, 0) is 29.0 Å². The third-order valence-corrected chi connectivity index (χ3v) is 6.49. The van der Waals surface area contributed by atoms with E-state index in [0.717, 1.165) is 26.7 Å². The van der Waals surface area contributed by atoms with E-state index < -0.39 is 11.6 Å². The van der Waals surface area contributed by atoms with E-state index in [-0.39, 0.29) is 18.2 Å². The normalized spacial score (nSPS) is 12.2. The molecular formula is C30H35BrN2O2. The SMILES string of the molecule is Cc1ccc(CC(=O)N(Cc2ccc(Br)cc2)C(Cc2ccccc2)C(=O)NC(C)(C)C)cc1C. The monoisotopic (exact) mass is 534 g/mol. The highest BCUT2D eigenvalue weighted by Crippen LogP contribution is 2.20. The molecule has 1 atom stereocenters. The highest BCUT2D eigenvalue weighted by Gasteiger charge is 2.32. The molecule has 0 saturated carbocycles. The number of benzene rings is 3. The van der Waals surface area contributed by atoms with Crippen LogP contribution in [0.4, 0.5) is 0 Å². The molecule has 4 nitrogen and oxygen atoms in total. The summed E-state index contributed by atoms with van der Waals surface area (Å²) in [6.07, 6.45) is 0.684. The molecule has 0 aliphatic heterocycles. The number of hydrogen-bond donors (Lipinski definition) is 1. The summed E-state index contributed by atoms with van der Waals surface area (Å²) < 4.78 is 0.973. The van der Waals surface area contributed by atoms with Crippen molar-refractivity contribution >= 4 is 27.7 Å². The first-order chi connectivity index (χ1) is 16.5. The van der Waals surface area contributed by atoms with Gasteiger partial charge in [-0.25, -0.2) is 0 Å². The molecular weight excluding hydrogens is 500 g/mol. The maximum absolute atomic E-state index is 13.8. The summed E-state index contributed by atoms with van der Waals surface area (Å²) in [7, 11) is 0. The zero-order valence-electron chi connectivity index (χ0n) is 21.3. The van der Waals surface area contributed by atoms with Crippen LogP contribution in [-0.4, -0.2) is 28.3 Å². The Morgan fingerprint density at radius 3 is 2.09 bits per heavy atom. The predicted octanol–water partition coefficient (Wildman–Crippen LogP) is 6.16. The van der Waals surface area contributed by atoms with Crippen LogP contribution in [0.1, 0.15) is 48.6 Å². The van der Waals surface area contributed by atoms with E-state index in [1.807, 2.05) is 87.5 Å². The third kappa shape index (κ3) is 8.07. The van der Waals surface area contributed by atoms with Crippen molar-refractivity contribution in [1.82, 2.24) is 10.2 Å². The first-order valence-electron chi connectivity index (χ1n) is 12.0. The van der Waals surface area contributed by atoms with Gasteiger partial charge >= 0.3 is 0 Å². The minimum absolute atomic E-state index is 0.0684. The lowest BCUT2D eigenvalue weighted by Crippen LogP contribution is -2.54. The molecule has 3 rings (SSSR count). The summed E-state index contributed by atoms with van der Waals surface area (Å²) >= 11 is 3.48.